The molecule has 1 saturated carbocycles. The van der Waals surface area contributed by atoms with Crippen molar-refractivity contribution in [3.8, 4) is 5.75 Å². The number of hydrogen-bond acceptors (Lipinski definition) is 4. The average Bonchev–Trinajstić information content (AvgIpc) is 2.74. The van der Waals surface area contributed by atoms with Crippen LogP contribution in [0.3, 0.4) is 0 Å². The van der Waals surface area contributed by atoms with Crippen molar-refractivity contribution < 1.29 is 19.1 Å². The number of carbonyl (C=O) groups is 2. The monoisotopic (exact) mass is 388 g/mol. The summed E-state index contributed by atoms with van der Waals surface area (Å²) in [6, 6.07) is 5.75. The summed E-state index contributed by atoms with van der Waals surface area (Å²) in [4.78, 5) is 27.5. The molecule has 1 aromatic carbocycles. The summed E-state index contributed by atoms with van der Waals surface area (Å²) < 4.78 is 10.6. The summed E-state index contributed by atoms with van der Waals surface area (Å²) in [7, 11) is 3.22. The van der Waals surface area contributed by atoms with E-state index in [2.05, 4.69) is 5.32 Å². The third-order valence-electron chi connectivity index (χ3n) is 5.86. The highest BCUT2D eigenvalue weighted by molar-refractivity contribution is 5.95. The minimum absolute atomic E-state index is 0.0440. The molecule has 2 amide bonds. The van der Waals surface area contributed by atoms with Crippen LogP contribution in [0.2, 0.25) is 0 Å². The van der Waals surface area contributed by atoms with Crippen LogP contribution in [0.1, 0.15) is 60.9 Å². The van der Waals surface area contributed by atoms with Crippen molar-refractivity contribution >= 4 is 11.8 Å². The first kappa shape index (κ1) is 20.6. The number of likely N-dealkylation sites (tertiary alicyclic amines) is 1. The van der Waals surface area contributed by atoms with Crippen LogP contribution in [0.5, 0.6) is 5.75 Å². The van der Waals surface area contributed by atoms with Crippen LogP contribution in [-0.4, -0.2) is 50.1 Å². The highest BCUT2D eigenvalue weighted by Gasteiger charge is 2.30. The number of methoxy groups -OCH3 is 2. The first-order chi connectivity index (χ1) is 13.6. The quantitative estimate of drug-likeness (QED) is 0.813. The maximum atomic E-state index is 13.0. The van der Waals surface area contributed by atoms with Gasteiger partial charge in [-0.2, -0.15) is 0 Å². The highest BCUT2D eigenvalue weighted by atomic mass is 16.5. The van der Waals surface area contributed by atoms with Gasteiger partial charge in [0.1, 0.15) is 5.75 Å². The lowest BCUT2D eigenvalue weighted by atomic mass is 9.92. The second kappa shape index (κ2) is 9.92. The Morgan fingerprint density at radius 3 is 2.61 bits per heavy atom. The maximum absolute atomic E-state index is 13.0. The Morgan fingerprint density at radius 2 is 1.89 bits per heavy atom. The predicted octanol–water partition coefficient (Wildman–Crippen LogP) is 3.14. The molecule has 1 heterocycles. The van der Waals surface area contributed by atoms with Gasteiger partial charge in [0, 0.05) is 37.4 Å². The predicted molar refractivity (Wildman–Crippen MR) is 107 cm³/mol. The fourth-order valence-electron chi connectivity index (χ4n) is 4.28. The van der Waals surface area contributed by atoms with Gasteiger partial charge in [-0.15, -0.1) is 0 Å². The van der Waals surface area contributed by atoms with Gasteiger partial charge in [0.15, 0.2) is 0 Å². The molecule has 28 heavy (non-hydrogen) atoms. The summed E-state index contributed by atoms with van der Waals surface area (Å²) in [5, 5.41) is 3.22. The summed E-state index contributed by atoms with van der Waals surface area (Å²) in [6.45, 7) is 1.61. The summed E-state index contributed by atoms with van der Waals surface area (Å²) in [6.07, 6.45) is 7.52. The molecule has 3 rings (SSSR count). The van der Waals surface area contributed by atoms with Gasteiger partial charge in [0.25, 0.3) is 5.91 Å². The van der Waals surface area contributed by atoms with E-state index in [9.17, 15) is 9.59 Å². The lowest BCUT2D eigenvalue weighted by Crippen LogP contribution is -2.47. The molecular formula is C22H32N2O4. The number of carbonyl (C=O) groups excluding carboxylic acids is 2. The first-order valence-corrected chi connectivity index (χ1v) is 10.4. The minimum Gasteiger partial charge on any atom is -0.496 e. The Balaban J connectivity index is 1.63. The molecule has 6 heteroatoms. The van der Waals surface area contributed by atoms with Crippen molar-refractivity contribution in [2.75, 3.05) is 27.3 Å². The van der Waals surface area contributed by atoms with Crippen LogP contribution in [0.15, 0.2) is 18.2 Å². The lowest BCUT2D eigenvalue weighted by molar-refractivity contribution is -0.127. The third-order valence-corrected chi connectivity index (χ3v) is 5.86. The zero-order chi connectivity index (χ0) is 19.9. The fourth-order valence-corrected chi connectivity index (χ4v) is 4.28. The van der Waals surface area contributed by atoms with Gasteiger partial charge < -0.3 is 19.7 Å². The van der Waals surface area contributed by atoms with E-state index in [1.807, 2.05) is 12.1 Å². The van der Waals surface area contributed by atoms with Gasteiger partial charge in [-0.3, -0.25) is 9.59 Å². The van der Waals surface area contributed by atoms with Crippen LogP contribution in [0.4, 0.5) is 0 Å². The molecule has 1 unspecified atom stereocenters. The molecule has 1 saturated heterocycles. The van der Waals surface area contributed by atoms with Gasteiger partial charge >= 0.3 is 0 Å². The number of ether oxygens (including phenoxy) is 2. The zero-order valence-electron chi connectivity index (χ0n) is 17.0. The van der Waals surface area contributed by atoms with Crippen LogP contribution in [-0.2, 0) is 16.1 Å². The molecule has 0 radical (unpaired) electrons. The zero-order valence-corrected chi connectivity index (χ0v) is 17.0. The molecule has 0 aromatic heterocycles. The van der Waals surface area contributed by atoms with E-state index in [0.717, 1.165) is 31.2 Å². The molecule has 1 N–H and O–H groups in total. The van der Waals surface area contributed by atoms with Crippen molar-refractivity contribution in [2.24, 2.45) is 5.92 Å². The van der Waals surface area contributed by atoms with E-state index in [-0.39, 0.29) is 17.7 Å². The summed E-state index contributed by atoms with van der Waals surface area (Å²) >= 11 is 0. The van der Waals surface area contributed by atoms with E-state index in [1.54, 1.807) is 25.2 Å². The number of nitrogens with zero attached hydrogens (tertiary/aromatic N) is 1. The maximum Gasteiger partial charge on any atom is 0.254 e. The van der Waals surface area contributed by atoms with Gasteiger partial charge in [-0.05, 0) is 37.8 Å². The smallest absolute Gasteiger partial charge is 0.254 e. The van der Waals surface area contributed by atoms with Crippen molar-refractivity contribution in [3.63, 3.8) is 0 Å². The molecule has 1 atom stereocenters. The molecule has 1 aliphatic heterocycles. The second-order valence-corrected chi connectivity index (χ2v) is 7.89. The third kappa shape index (κ3) is 5.04. The van der Waals surface area contributed by atoms with Crippen molar-refractivity contribution in [2.45, 2.75) is 57.6 Å². The topological polar surface area (TPSA) is 67.9 Å². The molecule has 0 bridgehead atoms. The van der Waals surface area contributed by atoms with Crippen molar-refractivity contribution in [3.05, 3.63) is 29.3 Å². The minimum atomic E-state index is -0.116. The Bertz CT molecular complexity index is 685. The Hall–Kier alpha value is -2.08. The molecule has 6 nitrogen and oxygen atoms in total. The fraction of sp³-hybridized carbons (Fsp3) is 0.636. The Morgan fingerprint density at radius 1 is 1.11 bits per heavy atom. The highest BCUT2D eigenvalue weighted by Crippen LogP contribution is 2.25. The molecule has 154 valence electrons. The summed E-state index contributed by atoms with van der Waals surface area (Å²) in [5.41, 5.74) is 1.50. The van der Waals surface area contributed by atoms with Crippen LogP contribution in [0, 0.1) is 5.92 Å². The molecule has 2 aliphatic rings. The molecular weight excluding hydrogens is 356 g/mol. The van der Waals surface area contributed by atoms with E-state index < -0.39 is 0 Å². The van der Waals surface area contributed by atoms with E-state index in [4.69, 9.17) is 9.47 Å². The van der Waals surface area contributed by atoms with E-state index in [1.165, 1.54) is 19.3 Å². The molecule has 2 fully saturated rings. The first-order valence-electron chi connectivity index (χ1n) is 10.4. The largest absolute Gasteiger partial charge is 0.496 e. The number of amides is 2. The second-order valence-electron chi connectivity index (χ2n) is 7.89. The van der Waals surface area contributed by atoms with Crippen molar-refractivity contribution in [1.29, 1.82) is 0 Å². The summed E-state index contributed by atoms with van der Waals surface area (Å²) in [5.74, 6) is 0.598. The molecule has 0 spiro atoms. The Kier molecular flexibility index (Phi) is 7.31. The normalized spacial score (nSPS) is 20.6. The average molecular weight is 389 g/mol. The Labute approximate surface area is 167 Å². The van der Waals surface area contributed by atoms with Crippen LogP contribution in [0.25, 0.3) is 0 Å². The number of hydrogen-bond donors (Lipinski definition) is 1. The van der Waals surface area contributed by atoms with Crippen LogP contribution < -0.4 is 10.1 Å². The SMILES string of the molecule is COCc1ccc(C(=O)N2CCCC(C(=O)NC3CCCCC3)C2)cc1OC. The molecule has 1 aromatic rings. The number of benzene rings is 1. The van der Waals surface area contributed by atoms with Gasteiger partial charge in [-0.1, -0.05) is 25.3 Å². The van der Waals surface area contributed by atoms with E-state index >= 15 is 0 Å². The van der Waals surface area contributed by atoms with Gasteiger partial charge in [-0.25, -0.2) is 0 Å². The standard InChI is InChI=1S/C22H32N2O4/c1-27-15-18-11-10-16(13-20(18)28-2)22(26)24-12-6-7-17(14-24)21(25)23-19-8-4-3-5-9-19/h10-11,13,17,19H,3-9,12,14-15H2,1-2H3,(H,23,25). The van der Waals surface area contributed by atoms with E-state index in [0.29, 0.717) is 37.1 Å². The number of piperidine rings is 1. The number of nitrogens with one attached hydrogen (secondary N) is 1. The number of rotatable bonds is 6. The van der Waals surface area contributed by atoms with Crippen molar-refractivity contribution in [1.82, 2.24) is 10.2 Å². The van der Waals surface area contributed by atoms with Gasteiger partial charge in [0.2, 0.25) is 5.91 Å². The van der Waals surface area contributed by atoms with Crippen LogP contribution >= 0.6 is 0 Å². The lowest BCUT2D eigenvalue weighted by Gasteiger charge is -2.33. The molecule has 1 aliphatic carbocycles. The van der Waals surface area contributed by atoms with Gasteiger partial charge in [0.05, 0.1) is 19.6 Å².